The molecule has 0 spiro atoms. The summed E-state index contributed by atoms with van der Waals surface area (Å²) in [5, 5.41) is 23.4. The van der Waals surface area contributed by atoms with E-state index in [0.29, 0.717) is 17.1 Å². The Labute approximate surface area is 122 Å². The molecule has 118 valence electrons. The van der Waals surface area contributed by atoms with Gasteiger partial charge in [0, 0.05) is 12.2 Å². The quantitative estimate of drug-likeness (QED) is 0.386. The van der Waals surface area contributed by atoms with Crippen LogP contribution >= 0.6 is 0 Å². The fraction of sp³-hybridized carbons (Fsp3) is 0.538. The smallest absolute Gasteiger partial charge is 0.343 e. The summed E-state index contributed by atoms with van der Waals surface area (Å²) in [6, 6.07) is 0. The van der Waals surface area contributed by atoms with Crippen molar-refractivity contribution in [1.29, 1.82) is 0 Å². The van der Waals surface area contributed by atoms with E-state index >= 15 is 0 Å². The molecular weight excluding hydrogens is 278 g/mol. The molecule has 0 saturated heterocycles. The first kappa shape index (κ1) is 17.0. The van der Waals surface area contributed by atoms with E-state index in [0.717, 1.165) is 0 Å². The lowest BCUT2D eigenvalue weighted by Gasteiger charge is -2.09. The molecule has 0 unspecified atom stereocenters. The van der Waals surface area contributed by atoms with Gasteiger partial charge in [0.25, 0.3) is 0 Å². The fourth-order valence-corrected chi connectivity index (χ4v) is 2.08. The lowest BCUT2D eigenvalue weighted by atomic mass is 10.2. The summed E-state index contributed by atoms with van der Waals surface area (Å²) in [5.41, 5.74) is 3.62. The van der Waals surface area contributed by atoms with Crippen LogP contribution in [0, 0.1) is 6.92 Å². The Hall–Kier alpha value is -2.06. The van der Waals surface area contributed by atoms with Gasteiger partial charge in [-0.15, -0.1) is 0 Å². The summed E-state index contributed by atoms with van der Waals surface area (Å²) in [6.07, 6.45) is 0. The van der Waals surface area contributed by atoms with Gasteiger partial charge in [-0.05, 0) is 20.8 Å². The number of carbonyl (C=O) groups is 1. The first-order valence-electron chi connectivity index (χ1n) is 6.52. The van der Waals surface area contributed by atoms with E-state index in [2.05, 4.69) is 15.5 Å². The number of nitrogens with one attached hydrogen (secondary N) is 1. The Morgan fingerprint density at radius 2 is 2.14 bits per heavy atom. The molecule has 0 radical (unpaired) electrons. The van der Waals surface area contributed by atoms with Crippen molar-refractivity contribution in [3.63, 3.8) is 0 Å². The summed E-state index contributed by atoms with van der Waals surface area (Å²) in [4.78, 5) is 16.6. The zero-order valence-corrected chi connectivity index (χ0v) is 12.6. The number of esters is 1. The summed E-state index contributed by atoms with van der Waals surface area (Å²) in [6.45, 7) is 5.27. The molecule has 0 atom stereocenters. The number of aromatic hydroxyl groups is 1. The van der Waals surface area contributed by atoms with Crippen molar-refractivity contribution in [2.75, 3.05) is 20.3 Å². The maximum absolute atomic E-state index is 12.0. The molecule has 0 fully saturated rings. The number of nitrogens with zero attached hydrogens (tertiary/aromatic N) is 2. The average Bonchev–Trinajstić information content (AvgIpc) is 2.68. The predicted octanol–water partition coefficient (Wildman–Crippen LogP) is 0.546. The van der Waals surface area contributed by atoms with Gasteiger partial charge in [-0.2, -0.15) is 10.7 Å². The van der Waals surface area contributed by atoms with E-state index in [-0.39, 0.29) is 31.1 Å². The Kier molecular flexibility index (Phi) is 6.19. The maximum Gasteiger partial charge on any atom is 0.343 e. The highest BCUT2D eigenvalue weighted by Crippen LogP contribution is 2.30. The van der Waals surface area contributed by atoms with Crippen LogP contribution in [0.1, 0.15) is 35.6 Å². The van der Waals surface area contributed by atoms with Crippen LogP contribution in [0.5, 0.6) is 5.75 Å². The summed E-state index contributed by atoms with van der Waals surface area (Å²) in [7, 11) is 1.40. The second kappa shape index (κ2) is 7.65. The Morgan fingerprint density at radius 1 is 1.48 bits per heavy atom. The van der Waals surface area contributed by atoms with Crippen LogP contribution in [-0.4, -0.2) is 46.8 Å². The largest absolute Gasteiger partial charge is 0.505 e. The van der Waals surface area contributed by atoms with Crippen LogP contribution in [0.15, 0.2) is 5.10 Å². The topological polar surface area (TPSA) is 105 Å². The van der Waals surface area contributed by atoms with Crippen LogP contribution in [0.3, 0.4) is 0 Å². The number of aliphatic hydroxyl groups excluding tert-OH is 1. The number of ether oxygens (including phenoxy) is 1. The normalized spacial score (nSPS) is 11.6. The summed E-state index contributed by atoms with van der Waals surface area (Å²) >= 11 is 0. The molecule has 3 N–H and O–H groups in total. The van der Waals surface area contributed by atoms with E-state index in [1.54, 1.807) is 25.3 Å². The van der Waals surface area contributed by atoms with Crippen LogP contribution in [0.4, 0.5) is 0 Å². The van der Waals surface area contributed by atoms with Crippen molar-refractivity contribution < 1.29 is 24.6 Å². The molecule has 0 aliphatic heterocycles. The van der Waals surface area contributed by atoms with E-state index < -0.39 is 5.97 Å². The third-order valence-corrected chi connectivity index (χ3v) is 2.95. The number of aliphatic hydroxyl groups is 1. The molecule has 0 aliphatic carbocycles. The van der Waals surface area contributed by atoms with Gasteiger partial charge in [-0.3, -0.25) is 4.84 Å². The number of hydrazone groups is 1. The molecule has 0 amide bonds. The molecule has 0 aromatic carbocycles. The van der Waals surface area contributed by atoms with Crippen molar-refractivity contribution in [2.24, 2.45) is 5.10 Å². The zero-order valence-electron chi connectivity index (χ0n) is 12.6. The van der Waals surface area contributed by atoms with E-state index in [9.17, 15) is 9.90 Å². The first-order chi connectivity index (χ1) is 9.99. The zero-order chi connectivity index (χ0) is 16.0. The van der Waals surface area contributed by atoms with E-state index in [4.69, 9.17) is 9.84 Å². The Balaban J connectivity index is 3.41. The molecule has 1 heterocycles. The highest BCUT2D eigenvalue weighted by molar-refractivity contribution is 6.05. The minimum atomic E-state index is -0.613. The van der Waals surface area contributed by atoms with Crippen molar-refractivity contribution in [3.05, 3.63) is 17.0 Å². The maximum atomic E-state index is 12.0. The van der Waals surface area contributed by atoms with Gasteiger partial charge < -0.3 is 19.5 Å². The van der Waals surface area contributed by atoms with Gasteiger partial charge in [0.05, 0.1) is 26.0 Å². The molecule has 0 saturated carbocycles. The molecule has 0 bridgehead atoms. The SMILES string of the molecule is CCOC(=O)c1c(O)c(/C(C)=N/NOC)n(CCO)c1C. The summed E-state index contributed by atoms with van der Waals surface area (Å²) in [5.74, 6) is -0.837. The first-order valence-corrected chi connectivity index (χ1v) is 6.52. The minimum absolute atomic E-state index is 0.0762. The van der Waals surface area contributed by atoms with Crippen LogP contribution in [-0.2, 0) is 16.1 Å². The van der Waals surface area contributed by atoms with Crippen molar-refractivity contribution >= 4 is 11.7 Å². The Morgan fingerprint density at radius 3 is 2.67 bits per heavy atom. The molecule has 8 nitrogen and oxygen atoms in total. The lowest BCUT2D eigenvalue weighted by molar-refractivity contribution is 0.0522. The molecule has 21 heavy (non-hydrogen) atoms. The van der Waals surface area contributed by atoms with Crippen LogP contribution in [0.2, 0.25) is 0 Å². The van der Waals surface area contributed by atoms with Gasteiger partial charge in [0.2, 0.25) is 0 Å². The number of hydrogen-bond acceptors (Lipinski definition) is 7. The molecule has 1 aromatic rings. The molecule has 1 aromatic heterocycles. The highest BCUT2D eigenvalue weighted by Gasteiger charge is 2.27. The van der Waals surface area contributed by atoms with Crippen molar-refractivity contribution in [3.8, 4) is 5.75 Å². The monoisotopic (exact) mass is 299 g/mol. The fourth-order valence-electron chi connectivity index (χ4n) is 2.08. The standard InChI is InChI=1S/C13H21N3O5/c1-5-21-13(19)10-9(3)16(6-7-17)11(12(10)18)8(2)14-15-20-4/h15,17-18H,5-7H2,1-4H3/b14-8+. The third kappa shape index (κ3) is 3.53. The number of rotatable bonds is 7. The van der Waals surface area contributed by atoms with Crippen LogP contribution < -0.4 is 5.59 Å². The minimum Gasteiger partial charge on any atom is -0.505 e. The average molecular weight is 299 g/mol. The predicted molar refractivity (Wildman–Crippen MR) is 76.2 cm³/mol. The molecular formula is C13H21N3O5. The van der Waals surface area contributed by atoms with Crippen molar-refractivity contribution in [1.82, 2.24) is 10.2 Å². The van der Waals surface area contributed by atoms with Crippen LogP contribution in [0.25, 0.3) is 0 Å². The molecule has 0 aliphatic rings. The van der Waals surface area contributed by atoms with Gasteiger partial charge in [-0.25, -0.2) is 4.79 Å². The second-order valence-corrected chi connectivity index (χ2v) is 4.25. The van der Waals surface area contributed by atoms with E-state index in [1.807, 2.05) is 0 Å². The van der Waals surface area contributed by atoms with Crippen molar-refractivity contribution in [2.45, 2.75) is 27.3 Å². The lowest BCUT2D eigenvalue weighted by Crippen LogP contribution is -2.14. The Bertz CT molecular complexity index is 536. The van der Waals surface area contributed by atoms with Gasteiger partial charge in [0.1, 0.15) is 11.3 Å². The molecule has 1 rings (SSSR count). The van der Waals surface area contributed by atoms with Gasteiger partial charge >= 0.3 is 5.97 Å². The third-order valence-electron chi connectivity index (χ3n) is 2.95. The number of aromatic nitrogens is 1. The van der Waals surface area contributed by atoms with Gasteiger partial charge in [0.15, 0.2) is 5.75 Å². The highest BCUT2D eigenvalue weighted by atomic mass is 16.7. The summed E-state index contributed by atoms with van der Waals surface area (Å²) < 4.78 is 6.55. The van der Waals surface area contributed by atoms with E-state index in [1.165, 1.54) is 7.11 Å². The molecule has 8 heteroatoms. The second-order valence-electron chi connectivity index (χ2n) is 4.25. The van der Waals surface area contributed by atoms with Gasteiger partial charge in [-0.1, -0.05) is 0 Å². The number of carbonyl (C=O) groups excluding carboxylic acids is 1. The number of hydrogen-bond donors (Lipinski definition) is 3.